The SMILES string of the molecule is CC.Cc1cnc(N2CCC(N3CCc4ccccc4NC3=O)CC2)cc1N1CCS(=O)(=O)CC1.[HH]. The van der Waals surface area contributed by atoms with E-state index in [1.807, 2.05) is 50.1 Å². The zero-order chi connectivity index (χ0) is 25.0. The number of nitrogens with zero attached hydrogens (tertiary/aromatic N) is 4. The van der Waals surface area contributed by atoms with E-state index >= 15 is 0 Å². The van der Waals surface area contributed by atoms with E-state index in [-0.39, 0.29) is 25.0 Å². The van der Waals surface area contributed by atoms with Gasteiger partial charge in [0.15, 0.2) is 9.84 Å². The number of rotatable bonds is 3. The van der Waals surface area contributed by atoms with Gasteiger partial charge in [0.25, 0.3) is 0 Å². The maximum Gasteiger partial charge on any atom is 0.322 e. The first-order valence-electron chi connectivity index (χ1n) is 12.7. The summed E-state index contributed by atoms with van der Waals surface area (Å²) in [5, 5.41) is 3.08. The molecule has 2 amide bonds. The largest absolute Gasteiger partial charge is 0.369 e. The normalized spacial score (nSPS) is 20.3. The van der Waals surface area contributed by atoms with Crippen molar-refractivity contribution in [2.75, 3.05) is 59.3 Å². The predicted molar refractivity (Wildman–Crippen MR) is 144 cm³/mol. The minimum absolute atomic E-state index is 0. The molecule has 3 aliphatic heterocycles. The fourth-order valence-electron chi connectivity index (χ4n) is 5.11. The summed E-state index contributed by atoms with van der Waals surface area (Å²) in [5.74, 6) is 1.34. The maximum atomic E-state index is 12.9. The first-order valence-corrected chi connectivity index (χ1v) is 14.5. The number of amides is 2. The van der Waals surface area contributed by atoms with Gasteiger partial charge >= 0.3 is 6.03 Å². The molecule has 192 valence electrons. The number of piperidine rings is 1. The highest BCUT2D eigenvalue weighted by molar-refractivity contribution is 7.91. The molecule has 3 aliphatic rings. The Labute approximate surface area is 210 Å². The second kappa shape index (κ2) is 10.8. The van der Waals surface area contributed by atoms with Gasteiger partial charge in [0.1, 0.15) is 5.82 Å². The van der Waals surface area contributed by atoms with E-state index in [1.165, 1.54) is 5.56 Å². The van der Waals surface area contributed by atoms with Gasteiger partial charge in [-0.3, -0.25) is 0 Å². The molecule has 8 nitrogen and oxygen atoms in total. The van der Waals surface area contributed by atoms with Gasteiger partial charge in [0.05, 0.1) is 11.5 Å². The zero-order valence-corrected chi connectivity index (χ0v) is 21.9. The number of hydrogen-bond donors (Lipinski definition) is 1. The van der Waals surface area contributed by atoms with Crippen molar-refractivity contribution in [3.8, 4) is 0 Å². The zero-order valence-electron chi connectivity index (χ0n) is 21.0. The van der Waals surface area contributed by atoms with Crippen LogP contribution in [0.15, 0.2) is 36.5 Å². The molecule has 1 aromatic heterocycles. The van der Waals surface area contributed by atoms with E-state index in [4.69, 9.17) is 0 Å². The van der Waals surface area contributed by atoms with E-state index in [2.05, 4.69) is 32.2 Å². The summed E-state index contributed by atoms with van der Waals surface area (Å²) in [6.45, 7) is 9.49. The molecular formula is C26H39N5O3S. The molecule has 0 aliphatic carbocycles. The highest BCUT2D eigenvalue weighted by Crippen LogP contribution is 2.29. The number of hydrogen-bond acceptors (Lipinski definition) is 6. The van der Waals surface area contributed by atoms with Crippen LogP contribution >= 0.6 is 0 Å². The smallest absolute Gasteiger partial charge is 0.322 e. The summed E-state index contributed by atoms with van der Waals surface area (Å²) in [7, 11) is -2.91. The third-order valence-corrected chi connectivity index (χ3v) is 8.73. The number of aromatic nitrogens is 1. The number of anilines is 3. The molecular weight excluding hydrogens is 462 g/mol. The summed E-state index contributed by atoms with van der Waals surface area (Å²) >= 11 is 0. The lowest BCUT2D eigenvalue weighted by Gasteiger charge is -2.39. The number of aryl methyl sites for hydroxylation is 1. The molecule has 1 N–H and O–H groups in total. The second-order valence-electron chi connectivity index (χ2n) is 9.22. The van der Waals surface area contributed by atoms with Crippen LogP contribution < -0.4 is 15.1 Å². The van der Waals surface area contributed by atoms with Crippen LogP contribution in [0.25, 0.3) is 0 Å². The fourth-order valence-corrected chi connectivity index (χ4v) is 6.32. The van der Waals surface area contributed by atoms with E-state index in [1.54, 1.807) is 0 Å². The van der Waals surface area contributed by atoms with Crippen molar-refractivity contribution < 1.29 is 14.6 Å². The lowest BCUT2D eigenvalue weighted by Crippen LogP contribution is -2.49. The number of pyridine rings is 1. The molecule has 0 atom stereocenters. The monoisotopic (exact) mass is 501 g/mol. The lowest BCUT2D eigenvalue weighted by molar-refractivity contribution is 0.177. The standard InChI is InChI=1S/C24H31N5O3S.C2H6.H2/c1-18-17-25-23(16-22(18)27-12-14-33(31,32)15-13-27)28-9-7-20(8-10-28)29-11-6-19-4-2-3-5-21(19)26-24(29)30;1-2;/h2-5,16-17,20H,6-15H2,1H3,(H,26,30);1-2H3;1H. The molecule has 2 aromatic rings. The van der Waals surface area contributed by atoms with Gasteiger partial charge in [-0.15, -0.1) is 0 Å². The van der Waals surface area contributed by atoms with E-state index in [0.717, 1.165) is 61.7 Å². The van der Waals surface area contributed by atoms with Crippen molar-refractivity contribution in [1.82, 2.24) is 9.88 Å². The third-order valence-electron chi connectivity index (χ3n) is 7.12. The molecule has 5 rings (SSSR count). The van der Waals surface area contributed by atoms with E-state index in [0.29, 0.717) is 13.1 Å². The quantitative estimate of drug-likeness (QED) is 0.685. The van der Waals surface area contributed by atoms with Crippen molar-refractivity contribution in [2.24, 2.45) is 0 Å². The Balaban J connectivity index is 0.00000117. The first-order chi connectivity index (χ1) is 16.9. The van der Waals surface area contributed by atoms with Gasteiger partial charge in [0.2, 0.25) is 0 Å². The molecule has 0 spiro atoms. The molecule has 0 radical (unpaired) electrons. The molecule has 0 unspecified atom stereocenters. The van der Waals surface area contributed by atoms with Crippen LogP contribution in [0.3, 0.4) is 0 Å². The van der Waals surface area contributed by atoms with Gasteiger partial charge < -0.3 is 20.0 Å². The van der Waals surface area contributed by atoms with Crippen LogP contribution in [0.5, 0.6) is 0 Å². The molecule has 0 saturated carbocycles. The summed E-state index contributed by atoms with van der Waals surface area (Å²) in [4.78, 5) is 24.0. The summed E-state index contributed by atoms with van der Waals surface area (Å²) in [5.41, 5.74) is 4.24. The van der Waals surface area contributed by atoms with Crippen LogP contribution in [-0.2, 0) is 16.3 Å². The van der Waals surface area contributed by atoms with E-state index < -0.39 is 9.84 Å². The Kier molecular flexibility index (Phi) is 7.84. The lowest BCUT2D eigenvalue weighted by atomic mass is 10.0. The Morgan fingerprint density at radius 1 is 1.00 bits per heavy atom. The minimum atomic E-state index is -2.91. The molecule has 2 saturated heterocycles. The van der Waals surface area contributed by atoms with Gasteiger partial charge in [-0.2, -0.15) is 0 Å². The fraction of sp³-hybridized carbons (Fsp3) is 0.538. The topological polar surface area (TPSA) is 85.8 Å². The highest BCUT2D eigenvalue weighted by Gasteiger charge is 2.31. The predicted octanol–water partition coefficient (Wildman–Crippen LogP) is 3.96. The molecule has 4 heterocycles. The molecule has 9 heteroatoms. The van der Waals surface area contributed by atoms with Crippen LogP contribution in [0.1, 0.15) is 39.2 Å². The van der Waals surface area contributed by atoms with Gasteiger partial charge in [0, 0.05) is 63.8 Å². The number of fused-ring (bicyclic) bond motifs is 1. The van der Waals surface area contributed by atoms with Crippen LogP contribution in [0.4, 0.5) is 22.0 Å². The van der Waals surface area contributed by atoms with Crippen LogP contribution in [-0.4, -0.2) is 74.6 Å². The van der Waals surface area contributed by atoms with Crippen molar-refractivity contribution in [1.29, 1.82) is 0 Å². The minimum Gasteiger partial charge on any atom is -0.369 e. The van der Waals surface area contributed by atoms with Crippen LogP contribution in [0.2, 0.25) is 0 Å². The second-order valence-corrected chi connectivity index (χ2v) is 11.5. The Morgan fingerprint density at radius 3 is 2.40 bits per heavy atom. The average molecular weight is 502 g/mol. The number of urea groups is 1. The molecule has 1 aromatic carbocycles. The Bertz CT molecular complexity index is 1140. The number of sulfone groups is 1. The van der Waals surface area contributed by atoms with Crippen LogP contribution in [0, 0.1) is 6.92 Å². The number of carbonyl (C=O) groups excluding carboxylic acids is 1. The number of nitrogens with one attached hydrogen (secondary N) is 1. The maximum absolute atomic E-state index is 12.9. The molecule has 35 heavy (non-hydrogen) atoms. The Hall–Kier alpha value is -2.81. The van der Waals surface area contributed by atoms with E-state index in [9.17, 15) is 13.2 Å². The number of para-hydroxylation sites is 1. The van der Waals surface area contributed by atoms with Gasteiger partial charge in [-0.25, -0.2) is 18.2 Å². The molecule has 0 bridgehead atoms. The van der Waals surface area contributed by atoms with Crippen molar-refractivity contribution in [3.63, 3.8) is 0 Å². The number of carbonyl (C=O) groups is 1. The highest BCUT2D eigenvalue weighted by atomic mass is 32.2. The van der Waals surface area contributed by atoms with Crippen molar-refractivity contribution in [3.05, 3.63) is 47.7 Å². The Morgan fingerprint density at radius 2 is 1.69 bits per heavy atom. The number of benzene rings is 1. The molecule has 2 fully saturated rings. The first kappa shape index (κ1) is 25.3. The average Bonchev–Trinajstić information content (AvgIpc) is 3.04. The summed E-state index contributed by atoms with van der Waals surface area (Å²) in [6, 6.07) is 10.3. The van der Waals surface area contributed by atoms with Gasteiger partial charge in [-0.1, -0.05) is 32.0 Å². The van der Waals surface area contributed by atoms with Gasteiger partial charge in [-0.05, 0) is 43.4 Å². The van der Waals surface area contributed by atoms with Crippen molar-refractivity contribution >= 4 is 33.1 Å². The summed E-state index contributed by atoms with van der Waals surface area (Å²) < 4.78 is 23.6. The third kappa shape index (κ3) is 5.72. The summed E-state index contributed by atoms with van der Waals surface area (Å²) in [6.07, 6.45) is 4.55. The van der Waals surface area contributed by atoms with Crippen molar-refractivity contribution in [2.45, 2.75) is 46.1 Å².